The average molecular weight is 387 g/mol. The van der Waals surface area contributed by atoms with E-state index >= 15 is 0 Å². The summed E-state index contributed by atoms with van der Waals surface area (Å²) < 4.78 is 16.7. The number of hydrogen-bond acceptors (Lipinski definition) is 5. The van der Waals surface area contributed by atoms with Gasteiger partial charge in [0.1, 0.15) is 6.17 Å². The summed E-state index contributed by atoms with van der Waals surface area (Å²) in [4.78, 5) is 15.1. The van der Waals surface area contributed by atoms with Gasteiger partial charge in [0.2, 0.25) is 6.79 Å². The summed E-state index contributed by atoms with van der Waals surface area (Å²) in [5, 5.41) is 3.96. The van der Waals surface area contributed by atoms with Gasteiger partial charge in [-0.05, 0) is 37.1 Å². The molecule has 3 aliphatic heterocycles. The van der Waals surface area contributed by atoms with E-state index in [-0.39, 0.29) is 25.0 Å². The number of anilines is 1. The lowest BCUT2D eigenvalue weighted by Crippen LogP contribution is -2.46. The molecule has 2 atom stereocenters. The van der Waals surface area contributed by atoms with E-state index in [0.717, 1.165) is 30.7 Å². The molecule has 1 amide bonds. The molecule has 2 aromatic rings. The summed E-state index contributed by atoms with van der Waals surface area (Å²) >= 11 is 6.39. The number of nitrogens with one attached hydrogen (secondary N) is 1. The average Bonchev–Trinajstić information content (AvgIpc) is 3.35. The zero-order valence-electron chi connectivity index (χ0n) is 14.6. The Bertz CT molecular complexity index is 898. The van der Waals surface area contributed by atoms with E-state index in [4.69, 9.17) is 25.8 Å². The predicted octanol–water partition coefficient (Wildman–Crippen LogP) is 3.81. The van der Waals surface area contributed by atoms with Gasteiger partial charge < -0.3 is 24.4 Å². The van der Waals surface area contributed by atoms with Crippen LogP contribution in [0.25, 0.3) is 0 Å². The minimum Gasteiger partial charge on any atom is -0.454 e. The van der Waals surface area contributed by atoms with Gasteiger partial charge in [-0.25, -0.2) is 0 Å². The molecule has 140 valence electrons. The highest BCUT2D eigenvalue weighted by Gasteiger charge is 2.36. The molecule has 0 spiro atoms. The Morgan fingerprint density at radius 1 is 1.22 bits per heavy atom. The maximum atomic E-state index is 13.2. The van der Waals surface area contributed by atoms with Crippen molar-refractivity contribution in [2.75, 3.05) is 25.3 Å². The summed E-state index contributed by atoms with van der Waals surface area (Å²) in [5.74, 6) is 1.13. The lowest BCUT2D eigenvalue weighted by Gasteiger charge is -2.39. The number of halogens is 1. The Balaban J connectivity index is 1.55. The monoisotopic (exact) mass is 386 g/mol. The Labute approximate surface area is 162 Å². The van der Waals surface area contributed by atoms with Gasteiger partial charge in [-0.3, -0.25) is 4.79 Å². The Hall–Kier alpha value is -2.44. The van der Waals surface area contributed by atoms with E-state index in [1.807, 2.05) is 41.3 Å². The Morgan fingerprint density at radius 3 is 2.96 bits per heavy atom. The number of nitrogens with zero attached hydrogens (tertiary/aromatic N) is 1. The van der Waals surface area contributed by atoms with Crippen molar-refractivity contribution in [2.45, 2.75) is 25.1 Å². The molecule has 5 rings (SSSR count). The predicted molar refractivity (Wildman–Crippen MR) is 100 cm³/mol. The van der Waals surface area contributed by atoms with Gasteiger partial charge in [0.25, 0.3) is 5.91 Å². The number of rotatable bonds is 3. The number of fused-ring (bicyclic) bond motifs is 2. The molecule has 1 saturated heterocycles. The van der Waals surface area contributed by atoms with Crippen molar-refractivity contribution in [1.29, 1.82) is 0 Å². The molecule has 0 saturated carbocycles. The van der Waals surface area contributed by atoms with Crippen LogP contribution >= 0.6 is 11.6 Å². The molecule has 0 unspecified atom stereocenters. The fourth-order valence-electron chi connectivity index (χ4n) is 3.90. The molecule has 0 aromatic heterocycles. The minimum absolute atomic E-state index is 0.0151. The molecule has 0 aliphatic carbocycles. The maximum Gasteiger partial charge on any atom is 0.257 e. The quantitative estimate of drug-likeness (QED) is 0.869. The molecule has 0 radical (unpaired) electrons. The molecule has 1 fully saturated rings. The zero-order valence-corrected chi connectivity index (χ0v) is 15.4. The van der Waals surface area contributed by atoms with Gasteiger partial charge in [-0.1, -0.05) is 23.7 Å². The molecular formula is C20H19ClN2O4. The van der Waals surface area contributed by atoms with Crippen molar-refractivity contribution >= 4 is 23.2 Å². The molecule has 6 nitrogen and oxygen atoms in total. The van der Waals surface area contributed by atoms with Crippen LogP contribution in [0.4, 0.5) is 5.69 Å². The second kappa shape index (κ2) is 6.62. The zero-order chi connectivity index (χ0) is 18.4. The third-order valence-corrected chi connectivity index (χ3v) is 5.49. The van der Waals surface area contributed by atoms with Crippen LogP contribution in [-0.2, 0) is 4.74 Å². The normalized spacial score (nSPS) is 23.3. The van der Waals surface area contributed by atoms with Crippen molar-refractivity contribution in [2.24, 2.45) is 0 Å². The SMILES string of the molecule is O=C1c2ccccc2N[C@H](c2cc(Cl)c3c(c2)OCO3)N1C[C@@H]1CCCO1. The van der Waals surface area contributed by atoms with Crippen LogP contribution in [0.3, 0.4) is 0 Å². The second-order valence-corrected chi connectivity index (χ2v) is 7.33. The van der Waals surface area contributed by atoms with E-state index in [1.54, 1.807) is 0 Å². The summed E-state index contributed by atoms with van der Waals surface area (Å²) in [6.07, 6.45) is 1.67. The van der Waals surface area contributed by atoms with Gasteiger partial charge in [0.05, 0.1) is 16.7 Å². The standard InChI is InChI=1S/C20H19ClN2O4/c21-15-8-12(9-17-18(15)27-11-26-17)19-22-16-6-2-1-5-14(16)20(24)23(19)10-13-4-3-7-25-13/h1-2,5-6,8-9,13,19,22H,3-4,7,10-11H2/t13-,19-/m0/s1. The number of para-hydroxylation sites is 1. The third kappa shape index (κ3) is 2.89. The van der Waals surface area contributed by atoms with Gasteiger partial charge >= 0.3 is 0 Å². The van der Waals surface area contributed by atoms with Crippen molar-refractivity contribution in [3.05, 3.63) is 52.5 Å². The number of benzene rings is 2. The van der Waals surface area contributed by atoms with Gasteiger partial charge in [-0.15, -0.1) is 0 Å². The molecule has 0 bridgehead atoms. The fraction of sp³-hybridized carbons (Fsp3) is 0.350. The molecule has 2 aromatic carbocycles. The van der Waals surface area contributed by atoms with Gasteiger partial charge in [0.15, 0.2) is 11.5 Å². The molecule has 3 aliphatic rings. The summed E-state index contributed by atoms with van der Waals surface area (Å²) in [6.45, 7) is 1.42. The number of ether oxygens (including phenoxy) is 3. The van der Waals surface area contributed by atoms with Crippen LogP contribution in [-0.4, -0.2) is 36.9 Å². The van der Waals surface area contributed by atoms with Gasteiger partial charge in [0, 0.05) is 24.4 Å². The molecule has 1 N–H and O–H groups in total. The first-order chi connectivity index (χ1) is 13.2. The van der Waals surface area contributed by atoms with Crippen molar-refractivity contribution in [3.63, 3.8) is 0 Å². The van der Waals surface area contributed by atoms with E-state index < -0.39 is 0 Å². The van der Waals surface area contributed by atoms with Crippen LogP contribution in [0.2, 0.25) is 5.02 Å². The van der Waals surface area contributed by atoms with Crippen molar-refractivity contribution in [1.82, 2.24) is 4.90 Å². The number of hydrogen-bond donors (Lipinski definition) is 1. The number of carbonyl (C=O) groups excluding carboxylic acids is 1. The molecule has 3 heterocycles. The first kappa shape index (κ1) is 16.7. The van der Waals surface area contributed by atoms with Crippen LogP contribution < -0.4 is 14.8 Å². The minimum atomic E-state index is -0.358. The van der Waals surface area contributed by atoms with Crippen molar-refractivity contribution in [3.8, 4) is 11.5 Å². The van der Waals surface area contributed by atoms with E-state index in [9.17, 15) is 4.79 Å². The first-order valence-electron chi connectivity index (χ1n) is 9.08. The lowest BCUT2D eigenvalue weighted by atomic mass is 10.0. The van der Waals surface area contributed by atoms with Crippen LogP contribution in [0.15, 0.2) is 36.4 Å². The summed E-state index contributed by atoms with van der Waals surface area (Å²) in [6, 6.07) is 11.3. The fourth-order valence-corrected chi connectivity index (χ4v) is 4.17. The highest BCUT2D eigenvalue weighted by atomic mass is 35.5. The summed E-state index contributed by atoms with van der Waals surface area (Å²) in [7, 11) is 0. The van der Waals surface area contributed by atoms with E-state index in [0.29, 0.717) is 28.6 Å². The molecular weight excluding hydrogens is 368 g/mol. The van der Waals surface area contributed by atoms with E-state index in [2.05, 4.69) is 5.32 Å². The smallest absolute Gasteiger partial charge is 0.257 e. The largest absolute Gasteiger partial charge is 0.454 e. The lowest BCUT2D eigenvalue weighted by molar-refractivity contribution is 0.0427. The van der Waals surface area contributed by atoms with Crippen LogP contribution in [0, 0.1) is 0 Å². The second-order valence-electron chi connectivity index (χ2n) is 6.92. The maximum absolute atomic E-state index is 13.2. The number of amides is 1. The van der Waals surface area contributed by atoms with Crippen molar-refractivity contribution < 1.29 is 19.0 Å². The molecule has 7 heteroatoms. The highest BCUT2D eigenvalue weighted by Crippen LogP contribution is 2.43. The number of carbonyl (C=O) groups is 1. The van der Waals surface area contributed by atoms with Crippen LogP contribution in [0.5, 0.6) is 11.5 Å². The first-order valence-corrected chi connectivity index (χ1v) is 9.45. The Morgan fingerprint density at radius 2 is 2.11 bits per heavy atom. The third-order valence-electron chi connectivity index (χ3n) is 5.21. The highest BCUT2D eigenvalue weighted by molar-refractivity contribution is 6.32. The Kier molecular flexibility index (Phi) is 4.10. The van der Waals surface area contributed by atoms with Gasteiger partial charge in [-0.2, -0.15) is 0 Å². The molecule has 27 heavy (non-hydrogen) atoms. The van der Waals surface area contributed by atoms with E-state index in [1.165, 1.54) is 0 Å². The topological polar surface area (TPSA) is 60.0 Å². The summed E-state index contributed by atoms with van der Waals surface area (Å²) in [5.41, 5.74) is 2.33. The van der Waals surface area contributed by atoms with Crippen LogP contribution in [0.1, 0.15) is 34.9 Å².